The van der Waals surface area contributed by atoms with E-state index in [0.717, 1.165) is 32.5 Å². The molecule has 1 heterocycles. The Morgan fingerprint density at radius 2 is 1.95 bits per heavy atom. The second kappa shape index (κ2) is 5.00. The first-order valence-electron chi connectivity index (χ1n) is 6.11. The van der Waals surface area contributed by atoms with Crippen molar-refractivity contribution in [1.82, 2.24) is 4.98 Å². The summed E-state index contributed by atoms with van der Waals surface area (Å²) in [6.07, 6.45) is 3.67. The third-order valence-electron chi connectivity index (χ3n) is 3.24. The van der Waals surface area contributed by atoms with Crippen molar-refractivity contribution in [2.75, 3.05) is 0 Å². The van der Waals surface area contributed by atoms with E-state index in [9.17, 15) is 0 Å². The highest BCUT2D eigenvalue weighted by molar-refractivity contribution is 6.33. The quantitative estimate of drug-likeness (QED) is 0.763. The van der Waals surface area contributed by atoms with Gasteiger partial charge in [-0.25, -0.2) is 0 Å². The third kappa shape index (κ3) is 2.21. The van der Waals surface area contributed by atoms with Crippen LogP contribution in [-0.2, 0) is 6.54 Å². The number of halogens is 1. The van der Waals surface area contributed by atoms with E-state index in [1.165, 1.54) is 0 Å². The highest BCUT2D eigenvalue weighted by Crippen LogP contribution is 2.33. The summed E-state index contributed by atoms with van der Waals surface area (Å²) in [5, 5.41) is 2.98. The minimum absolute atomic E-state index is 0.497. The van der Waals surface area contributed by atoms with Gasteiger partial charge >= 0.3 is 0 Å². The van der Waals surface area contributed by atoms with E-state index in [1.807, 2.05) is 36.5 Å². The van der Waals surface area contributed by atoms with E-state index < -0.39 is 0 Å². The monoisotopic (exact) mass is 268 g/mol. The van der Waals surface area contributed by atoms with Gasteiger partial charge in [-0.2, -0.15) is 0 Å². The van der Waals surface area contributed by atoms with Crippen molar-refractivity contribution in [1.29, 1.82) is 0 Å². The minimum Gasteiger partial charge on any atom is -0.326 e. The summed E-state index contributed by atoms with van der Waals surface area (Å²) in [6, 6.07) is 14.1. The van der Waals surface area contributed by atoms with Crippen molar-refractivity contribution >= 4 is 22.4 Å². The van der Waals surface area contributed by atoms with Crippen molar-refractivity contribution in [3.63, 3.8) is 0 Å². The van der Waals surface area contributed by atoms with Gasteiger partial charge in [-0.05, 0) is 28.6 Å². The fourth-order valence-electron chi connectivity index (χ4n) is 2.25. The molecule has 2 aromatic carbocycles. The molecule has 0 aliphatic carbocycles. The molecule has 0 saturated carbocycles. The largest absolute Gasteiger partial charge is 0.326 e. The van der Waals surface area contributed by atoms with Gasteiger partial charge in [0.2, 0.25) is 0 Å². The topological polar surface area (TPSA) is 38.9 Å². The van der Waals surface area contributed by atoms with Crippen molar-refractivity contribution in [3.8, 4) is 11.1 Å². The maximum Gasteiger partial charge on any atom is 0.0487 e. The lowest BCUT2D eigenvalue weighted by Crippen LogP contribution is -1.96. The maximum absolute atomic E-state index is 6.37. The molecule has 0 amide bonds. The minimum atomic E-state index is 0.497. The molecule has 3 aromatic rings. The molecule has 2 nitrogen and oxygen atoms in total. The van der Waals surface area contributed by atoms with Crippen LogP contribution in [0.5, 0.6) is 0 Å². The average Bonchev–Trinajstić information content (AvgIpc) is 2.46. The summed E-state index contributed by atoms with van der Waals surface area (Å²) in [6.45, 7) is 0.497. The van der Waals surface area contributed by atoms with Crippen LogP contribution in [0.15, 0.2) is 54.9 Å². The van der Waals surface area contributed by atoms with Crippen molar-refractivity contribution < 1.29 is 0 Å². The number of pyridine rings is 1. The summed E-state index contributed by atoms with van der Waals surface area (Å²) in [7, 11) is 0. The number of fused-ring (bicyclic) bond motifs is 1. The van der Waals surface area contributed by atoms with Crippen molar-refractivity contribution in [2.45, 2.75) is 6.54 Å². The first-order chi connectivity index (χ1) is 9.29. The summed E-state index contributed by atoms with van der Waals surface area (Å²) < 4.78 is 0. The molecule has 19 heavy (non-hydrogen) atoms. The number of benzene rings is 2. The summed E-state index contributed by atoms with van der Waals surface area (Å²) in [4.78, 5) is 4.20. The van der Waals surface area contributed by atoms with Gasteiger partial charge in [-0.3, -0.25) is 4.98 Å². The number of hydrogen-bond acceptors (Lipinski definition) is 2. The Labute approximate surface area is 116 Å². The molecule has 0 radical (unpaired) electrons. The normalized spacial score (nSPS) is 10.8. The third-order valence-corrected chi connectivity index (χ3v) is 3.56. The van der Waals surface area contributed by atoms with Gasteiger partial charge < -0.3 is 5.73 Å². The van der Waals surface area contributed by atoms with E-state index in [1.54, 1.807) is 6.20 Å². The smallest absolute Gasteiger partial charge is 0.0487 e. The van der Waals surface area contributed by atoms with Gasteiger partial charge in [0.25, 0.3) is 0 Å². The predicted octanol–water partition coefficient (Wildman–Crippen LogP) is 4.01. The van der Waals surface area contributed by atoms with Crippen LogP contribution in [0.4, 0.5) is 0 Å². The molecule has 0 aliphatic rings. The van der Waals surface area contributed by atoms with Gasteiger partial charge in [-0.1, -0.05) is 41.9 Å². The average molecular weight is 269 g/mol. The molecule has 94 valence electrons. The van der Waals surface area contributed by atoms with Crippen LogP contribution in [0, 0.1) is 0 Å². The van der Waals surface area contributed by atoms with E-state index in [-0.39, 0.29) is 0 Å². The zero-order valence-electron chi connectivity index (χ0n) is 10.3. The Hall–Kier alpha value is -1.90. The van der Waals surface area contributed by atoms with Crippen molar-refractivity contribution in [2.24, 2.45) is 5.73 Å². The van der Waals surface area contributed by atoms with Gasteiger partial charge in [-0.15, -0.1) is 0 Å². The number of nitrogens with zero attached hydrogens (tertiary/aromatic N) is 1. The van der Waals surface area contributed by atoms with E-state index in [0.29, 0.717) is 6.54 Å². The Morgan fingerprint density at radius 3 is 2.74 bits per heavy atom. The standard InChI is InChI=1S/C16H13ClN2/c17-16-8-11(9-18)4-5-14(16)13-3-1-2-12-6-7-19-10-15(12)13/h1-8,10H,9,18H2. The van der Waals surface area contributed by atoms with Gasteiger partial charge in [0.05, 0.1) is 0 Å². The van der Waals surface area contributed by atoms with Crippen LogP contribution >= 0.6 is 11.6 Å². The SMILES string of the molecule is NCc1ccc(-c2cccc3ccncc23)c(Cl)c1. The van der Waals surface area contributed by atoms with Crippen LogP contribution in [0.2, 0.25) is 5.02 Å². The molecule has 0 fully saturated rings. The van der Waals surface area contributed by atoms with Crippen LogP contribution < -0.4 is 5.73 Å². The Balaban J connectivity index is 2.24. The summed E-state index contributed by atoms with van der Waals surface area (Å²) >= 11 is 6.37. The molecule has 0 bridgehead atoms. The molecular weight excluding hydrogens is 256 g/mol. The molecule has 0 atom stereocenters. The zero-order valence-corrected chi connectivity index (χ0v) is 11.1. The number of hydrogen-bond donors (Lipinski definition) is 1. The van der Waals surface area contributed by atoms with Crippen molar-refractivity contribution in [3.05, 3.63) is 65.4 Å². The summed E-state index contributed by atoms with van der Waals surface area (Å²) in [5.74, 6) is 0. The molecular formula is C16H13ClN2. The first kappa shape index (κ1) is 12.2. The van der Waals surface area contributed by atoms with Gasteiger partial charge in [0.15, 0.2) is 0 Å². The second-order valence-electron chi connectivity index (χ2n) is 4.42. The predicted molar refractivity (Wildman–Crippen MR) is 80.1 cm³/mol. The lowest BCUT2D eigenvalue weighted by molar-refractivity contribution is 1.07. The molecule has 1 aromatic heterocycles. The van der Waals surface area contributed by atoms with Crippen LogP contribution in [-0.4, -0.2) is 4.98 Å². The lowest BCUT2D eigenvalue weighted by Gasteiger charge is -2.09. The molecule has 0 saturated heterocycles. The fraction of sp³-hybridized carbons (Fsp3) is 0.0625. The lowest BCUT2D eigenvalue weighted by atomic mass is 9.99. The van der Waals surface area contributed by atoms with E-state index in [2.05, 4.69) is 17.1 Å². The number of rotatable bonds is 2. The zero-order chi connectivity index (χ0) is 13.2. The Kier molecular flexibility index (Phi) is 3.20. The Morgan fingerprint density at radius 1 is 1.05 bits per heavy atom. The highest BCUT2D eigenvalue weighted by Gasteiger charge is 2.08. The van der Waals surface area contributed by atoms with E-state index in [4.69, 9.17) is 17.3 Å². The van der Waals surface area contributed by atoms with Gasteiger partial charge in [0.1, 0.15) is 0 Å². The fourth-order valence-corrected chi connectivity index (χ4v) is 2.56. The number of aromatic nitrogens is 1. The van der Waals surface area contributed by atoms with Gasteiger partial charge in [0, 0.05) is 34.9 Å². The second-order valence-corrected chi connectivity index (χ2v) is 4.83. The Bertz CT molecular complexity index is 732. The van der Waals surface area contributed by atoms with Crippen LogP contribution in [0.3, 0.4) is 0 Å². The molecule has 0 spiro atoms. The molecule has 3 rings (SSSR count). The molecule has 3 heteroatoms. The maximum atomic E-state index is 6.37. The summed E-state index contributed by atoms with van der Waals surface area (Å²) in [5.41, 5.74) is 8.77. The number of nitrogens with two attached hydrogens (primary N) is 1. The van der Waals surface area contributed by atoms with Crippen LogP contribution in [0.25, 0.3) is 21.9 Å². The highest BCUT2D eigenvalue weighted by atomic mass is 35.5. The van der Waals surface area contributed by atoms with E-state index >= 15 is 0 Å². The van der Waals surface area contributed by atoms with Crippen LogP contribution in [0.1, 0.15) is 5.56 Å². The molecule has 0 aliphatic heterocycles. The first-order valence-corrected chi connectivity index (χ1v) is 6.49. The molecule has 2 N–H and O–H groups in total. The molecule has 0 unspecified atom stereocenters.